The zero-order valence-corrected chi connectivity index (χ0v) is 10.8. The molecule has 0 bridgehead atoms. The van der Waals surface area contributed by atoms with Crippen LogP contribution in [0.2, 0.25) is 0 Å². The molecule has 1 N–H and O–H groups in total. The first kappa shape index (κ1) is 12.9. The van der Waals surface area contributed by atoms with Crippen LogP contribution in [0, 0.1) is 6.92 Å². The van der Waals surface area contributed by atoms with E-state index < -0.39 is 0 Å². The molecule has 0 aliphatic heterocycles. The third-order valence-corrected chi connectivity index (χ3v) is 2.22. The minimum absolute atomic E-state index is 0.124. The van der Waals surface area contributed by atoms with Gasteiger partial charge in [-0.2, -0.15) is 0 Å². The summed E-state index contributed by atoms with van der Waals surface area (Å²) in [7, 11) is 1.70. The molecule has 0 aromatic carbocycles. The van der Waals surface area contributed by atoms with Crippen LogP contribution in [-0.4, -0.2) is 29.2 Å². The van der Waals surface area contributed by atoms with Crippen LogP contribution < -0.4 is 5.32 Å². The molecular formula is C12H21N3O. The molecule has 0 aliphatic carbocycles. The fourth-order valence-electron chi connectivity index (χ4n) is 1.62. The number of methoxy groups -OCH3 is 1. The van der Waals surface area contributed by atoms with Crippen LogP contribution in [0.4, 0.5) is 5.82 Å². The molecule has 1 heterocycles. The lowest BCUT2D eigenvalue weighted by molar-refractivity contribution is 0.158. The van der Waals surface area contributed by atoms with Gasteiger partial charge >= 0.3 is 0 Å². The van der Waals surface area contributed by atoms with Gasteiger partial charge in [0.05, 0.1) is 12.1 Å². The highest BCUT2D eigenvalue weighted by Crippen LogP contribution is 2.14. The van der Waals surface area contributed by atoms with Crippen LogP contribution in [0.25, 0.3) is 0 Å². The summed E-state index contributed by atoms with van der Waals surface area (Å²) in [6.45, 7) is 8.80. The number of ether oxygens (including phenoxy) is 1. The Hall–Kier alpha value is -1.16. The zero-order valence-electron chi connectivity index (χ0n) is 10.8. The summed E-state index contributed by atoms with van der Waals surface area (Å²) >= 11 is 0. The molecule has 1 aromatic heterocycles. The van der Waals surface area contributed by atoms with Gasteiger partial charge in [0, 0.05) is 18.9 Å². The Kier molecular flexibility index (Phi) is 4.24. The van der Waals surface area contributed by atoms with Crippen LogP contribution in [-0.2, 0) is 11.2 Å². The van der Waals surface area contributed by atoms with Crippen molar-refractivity contribution in [1.82, 2.24) is 9.97 Å². The molecule has 0 unspecified atom stereocenters. The summed E-state index contributed by atoms with van der Waals surface area (Å²) in [4.78, 5) is 8.72. The van der Waals surface area contributed by atoms with Gasteiger partial charge in [0.15, 0.2) is 0 Å². The second-order valence-electron chi connectivity index (χ2n) is 4.59. The zero-order chi connectivity index (χ0) is 12.2. The highest BCUT2D eigenvalue weighted by atomic mass is 16.5. The second kappa shape index (κ2) is 5.25. The van der Waals surface area contributed by atoms with E-state index in [4.69, 9.17) is 4.74 Å². The molecule has 0 saturated heterocycles. The Bertz CT molecular complexity index is 350. The van der Waals surface area contributed by atoms with Gasteiger partial charge in [-0.05, 0) is 27.2 Å². The van der Waals surface area contributed by atoms with E-state index >= 15 is 0 Å². The van der Waals surface area contributed by atoms with Crippen LogP contribution in [0.3, 0.4) is 0 Å². The Morgan fingerprint density at radius 2 is 2.06 bits per heavy atom. The molecule has 0 saturated carbocycles. The first-order valence-electron chi connectivity index (χ1n) is 5.58. The Balaban J connectivity index is 2.84. The molecule has 4 nitrogen and oxygen atoms in total. The lowest BCUT2D eigenvalue weighted by Gasteiger charge is -2.26. The highest BCUT2D eigenvalue weighted by molar-refractivity contribution is 5.38. The molecule has 0 atom stereocenters. The third kappa shape index (κ3) is 3.77. The van der Waals surface area contributed by atoms with Gasteiger partial charge in [0.2, 0.25) is 0 Å². The van der Waals surface area contributed by atoms with Crippen LogP contribution in [0.5, 0.6) is 0 Å². The summed E-state index contributed by atoms with van der Waals surface area (Å²) in [5.41, 5.74) is 0.934. The van der Waals surface area contributed by atoms with Gasteiger partial charge in [0.1, 0.15) is 11.6 Å². The van der Waals surface area contributed by atoms with Crippen molar-refractivity contribution in [3.8, 4) is 0 Å². The lowest BCUT2D eigenvalue weighted by atomic mass is 10.1. The summed E-state index contributed by atoms with van der Waals surface area (Å²) < 4.78 is 5.16. The molecule has 90 valence electrons. The number of hydrogen-bond acceptors (Lipinski definition) is 4. The van der Waals surface area contributed by atoms with Crippen LogP contribution in [0.15, 0.2) is 6.07 Å². The van der Waals surface area contributed by atoms with Gasteiger partial charge in [-0.3, -0.25) is 0 Å². The van der Waals surface area contributed by atoms with E-state index in [9.17, 15) is 0 Å². The van der Waals surface area contributed by atoms with E-state index in [2.05, 4.69) is 36.1 Å². The second-order valence-corrected chi connectivity index (χ2v) is 4.59. The number of aryl methyl sites for hydroxylation is 2. The predicted molar refractivity (Wildman–Crippen MR) is 65.7 cm³/mol. The molecule has 0 amide bonds. The van der Waals surface area contributed by atoms with Gasteiger partial charge in [-0.25, -0.2) is 9.97 Å². The number of nitrogens with zero attached hydrogens (tertiary/aromatic N) is 2. The van der Waals surface area contributed by atoms with E-state index in [-0.39, 0.29) is 5.54 Å². The minimum atomic E-state index is -0.124. The quantitative estimate of drug-likeness (QED) is 0.831. The predicted octanol–water partition coefficient (Wildman–Crippen LogP) is 2.18. The smallest absolute Gasteiger partial charge is 0.130 e. The van der Waals surface area contributed by atoms with E-state index in [1.807, 2.05) is 13.0 Å². The molecular weight excluding hydrogens is 202 g/mol. The van der Waals surface area contributed by atoms with Gasteiger partial charge in [-0.1, -0.05) is 6.92 Å². The molecule has 0 radical (unpaired) electrons. The average molecular weight is 223 g/mol. The summed E-state index contributed by atoms with van der Waals surface area (Å²) in [5.74, 6) is 1.67. The number of anilines is 1. The maximum absolute atomic E-state index is 5.16. The summed E-state index contributed by atoms with van der Waals surface area (Å²) in [5, 5.41) is 3.36. The molecule has 16 heavy (non-hydrogen) atoms. The summed E-state index contributed by atoms with van der Waals surface area (Å²) in [6.07, 6.45) is 0.919. The van der Waals surface area contributed by atoms with Gasteiger partial charge in [0.25, 0.3) is 0 Å². The van der Waals surface area contributed by atoms with Crippen LogP contribution >= 0.6 is 0 Å². The molecule has 4 heteroatoms. The van der Waals surface area contributed by atoms with Gasteiger partial charge in [-0.15, -0.1) is 0 Å². The monoisotopic (exact) mass is 223 g/mol. The molecule has 0 fully saturated rings. The van der Waals surface area contributed by atoms with Crippen molar-refractivity contribution >= 4 is 5.82 Å². The fraction of sp³-hybridized carbons (Fsp3) is 0.667. The maximum Gasteiger partial charge on any atom is 0.130 e. The van der Waals surface area contributed by atoms with Crippen LogP contribution in [0.1, 0.15) is 32.3 Å². The van der Waals surface area contributed by atoms with E-state index in [1.165, 1.54) is 0 Å². The number of nitrogens with one attached hydrogen (secondary N) is 1. The first-order chi connectivity index (χ1) is 7.46. The summed E-state index contributed by atoms with van der Waals surface area (Å²) in [6, 6.07) is 1.99. The van der Waals surface area contributed by atoms with E-state index in [0.29, 0.717) is 6.61 Å². The molecule has 0 spiro atoms. The topological polar surface area (TPSA) is 47.0 Å². The highest BCUT2D eigenvalue weighted by Gasteiger charge is 2.17. The molecule has 0 aliphatic rings. The maximum atomic E-state index is 5.16. The van der Waals surface area contributed by atoms with Crippen molar-refractivity contribution in [1.29, 1.82) is 0 Å². The largest absolute Gasteiger partial charge is 0.382 e. The number of aromatic nitrogens is 2. The standard InChI is InChI=1S/C12H21N3O/c1-6-10-7-11(14-9(2)13-10)15-12(3,4)8-16-5/h7H,6,8H2,1-5H3,(H,13,14,15). The van der Waals surface area contributed by atoms with Crippen molar-refractivity contribution in [2.75, 3.05) is 19.0 Å². The Morgan fingerprint density at radius 3 is 2.62 bits per heavy atom. The number of hydrogen-bond donors (Lipinski definition) is 1. The minimum Gasteiger partial charge on any atom is -0.382 e. The van der Waals surface area contributed by atoms with Gasteiger partial charge < -0.3 is 10.1 Å². The van der Waals surface area contributed by atoms with E-state index in [0.717, 1.165) is 23.8 Å². The number of rotatable bonds is 5. The molecule has 1 rings (SSSR count). The van der Waals surface area contributed by atoms with Crippen molar-refractivity contribution < 1.29 is 4.74 Å². The fourth-order valence-corrected chi connectivity index (χ4v) is 1.62. The van der Waals surface area contributed by atoms with Crippen molar-refractivity contribution in [2.24, 2.45) is 0 Å². The molecule has 1 aromatic rings. The Morgan fingerprint density at radius 1 is 1.38 bits per heavy atom. The normalized spacial score (nSPS) is 11.6. The van der Waals surface area contributed by atoms with Crippen molar-refractivity contribution in [2.45, 2.75) is 39.7 Å². The lowest BCUT2D eigenvalue weighted by Crippen LogP contribution is -2.36. The van der Waals surface area contributed by atoms with E-state index in [1.54, 1.807) is 7.11 Å². The third-order valence-electron chi connectivity index (χ3n) is 2.22. The average Bonchev–Trinajstić information content (AvgIpc) is 2.15. The SMILES string of the molecule is CCc1cc(NC(C)(C)COC)nc(C)n1. The van der Waals surface area contributed by atoms with Crippen molar-refractivity contribution in [3.63, 3.8) is 0 Å². The first-order valence-corrected chi connectivity index (χ1v) is 5.58. The Labute approximate surface area is 97.5 Å². The van der Waals surface area contributed by atoms with Crippen molar-refractivity contribution in [3.05, 3.63) is 17.6 Å².